The van der Waals surface area contributed by atoms with Crippen LogP contribution in [-0.2, 0) is 4.79 Å². The highest BCUT2D eigenvalue weighted by atomic mass is 32.1. The Hall–Kier alpha value is -2.97. The van der Waals surface area contributed by atoms with Gasteiger partial charge in [-0.15, -0.1) is 11.3 Å². The molecule has 4 nitrogen and oxygen atoms in total. The molecule has 0 bridgehead atoms. The Morgan fingerprint density at radius 2 is 1.85 bits per heavy atom. The lowest BCUT2D eigenvalue weighted by molar-refractivity contribution is -0.121. The van der Waals surface area contributed by atoms with Crippen molar-refractivity contribution in [3.05, 3.63) is 70.5 Å². The van der Waals surface area contributed by atoms with E-state index in [1.807, 2.05) is 60.0 Å². The molecule has 3 aromatic rings. The van der Waals surface area contributed by atoms with Gasteiger partial charge in [-0.3, -0.25) is 4.79 Å². The number of hydrogen-bond donors (Lipinski definition) is 0. The fraction of sp³-hybridized carbons (Fsp3) is 0.227. The van der Waals surface area contributed by atoms with Gasteiger partial charge in [-0.2, -0.15) is 5.26 Å². The molecule has 1 aromatic heterocycles. The quantitative estimate of drug-likeness (QED) is 0.569. The van der Waals surface area contributed by atoms with E-state index in [9.17, 15) is 10.1 Å². The highest BCUT2D eigenvalue weighted by molar-refractivity contribution is 7.10. The number of hydrogen-bond acceptors (Lipinski definition) is 5. The average molecular weight is 376 g/mol. The molecule has 27 heavy (non-hydrogen) atoms. The molecule has 0 amide bonds. The summed E-state index contributed by atoms with van der Waals surface area (Å²) >= 11 is 1.32. The second-order valence-corrected chi connectivity index (χ2v) is 7.37. The number of nitrogens with zero attached hydrogens (tertiary/aromatic N) is 2. The van der Waals surface area contributed by atoms with Crippen LogP contribution in [0.25, 0.3) is 11.3 Å². The van der Waals surface area contributed by atoms with E-state index in [0.29, 0.717) is 16.7 Å². The number of aromatic nitrogens is 1. The Morgan fingerprint density at radius 1 is 1.15 bits per heavy atom. The molecule has 0 radical (unpaired) electrons. The van der Waals surface area contributed by atoms with Gasteiger partial charge in [-0.05, 0) is 23.6 Å². The lowest BCUT2D eigenvalue weighted by atomic mass is 10.0. The molecule has 0 aliphatic heterocycles. The number of rotatable bonds is 7. The van der Waals surface area contributed by atoms with Crippen molar-refractivity contribution >= 4 is 17.1 Å². The zero-order chi connectivity index (χ0) is 19.2. The summed E-state index contributed by atoms with van der Waals surface area (Å²) in [5.41, 5.74) is 2.94. The van der Waals surface area contributed by atoms with Crippen molar-refractivity contribution in [3.8, 4) is 23.1 Å². The van der Waals surface area contributed by atoms with Crippen LogP contribution < -0.4 is 4.74 Å². The third-order valence-electron chi connectivity index (χ3n) is 4.22. The van der Waals surface area contributed by atoms with Gasteiger partial charge in [0.15, 0.2) is 11.7 Å². The first-order chi connectivity index (χ1) is 13.1. The van der Waals surface area contributed by atoms with Gasteiger partial charge in [0.2, 0.25) is 0 Å². The molecule has 0 aliphatic carbocycles. The smallest absolute Gasteiger partial charge is 0.194 e. The molecule has 0 saturated carbocycles. The maximum Gasteiger partial charge on any atom is 0.194 e. The molecule has 3 rings (SSSR count). The van der Waals surface area contributed by atoms with Gasteiger partial charge in [0.05, 0.1) is 11.8 Å². The van der Waals surface area contributed by atoms with E-state index in [1.54, 1.807) is 0 Å². The minimum absolute atomic E-state index is 0.153. The summed E-state index contributed by atoms with van der Waals surface area (Å²) in [4.78, 5) is 17.0. The predicted molar refractivity (Wildman–Crippen MR) is 107 cm³/mol. The lowest BCUT2D eigenvalue weighted by Crippen LogP contribution is -2.19. The summed E-state index contributed by atoms with van der Waals surface area (Å²) in [5, 5.41) is 11.8. The van der Waals surface area contributed by atoms with Crippen molar-refractivity contribution in [2.45, 2.75) is 25.7 Å². The molecule has 136 valence electrons. The van der Waals surface area contributed by atoms with Crippen LogP contribution in [0.5, 0.6) is 5.75 Å². The van der Waals surface area contributed by atoms with Crippen LogP contribution in [0.1, 0.15) is 36.3 Å². The number of nitriles is 1. The SMILES string of the molecule is CC(C)c1ccc(OCC(=O)C(C#N)c2nc(-c3ccccc3)cs2)cc1. The largest absolute Gasteiger partial charge is 0.486 e. The lowest BCUT2D eigenvalue weighted by Gasteiger charge is -2.10. The number of ether oxygens (including phenoxy) is 1. The van der Waals surface area contributed by atoms with Gasteiger partial charge < -0.3 is 4.74 Å². The van der Waals surface area contributed by atoms with E-state index in [4.69, 9.17) is 4.74 Å². The zero-order valence-corrected chi connectivity index (χ0v) is 16.1. The second-order valence-electron chi connectivity index (χ2n) is 6.48. The Bertz CT molecular complexity index is 940. The van der Waals surface area contributed by atoms with Crippen LogP contribution in [0.15, 0.2) is 60.0 Å². The van der Waals surface area contributed by atoms with Gasteiger partial charge in [0.1, 0.15) is 17.4 Å². The topological polar surface area (TPSA) is 63.0 Å². The first kappa shape index (κ1) is 18.8. The molecule has 0 fully saturated rings. The maximum absolute atomic E-state index is 12.5. The van der Waals surface area contributed by atoms with Crippen LogP contribution in [0.2, 0.25) is 0 Å². The second kappa shape index (κ2) is 8.61. The number of carbonyl (C=O) groups excluding carboxylic acids is 1. The van der Waals surface area contributed by atoms with Crippen molar-refractivity contribution in [1.29, 1.82) is 5.26 Å². The van der Waals surface area contributed by atoms with Gasteiger partial charge >= 0.3 is 0 Å². The predicted octanol–water partition coefficient (Wildman–Crippen LogP) is 5.19. The fourth-order valence-corrected chi connectivity index (χ4v) is 3.51. The third kappa shape index (κ3) is 4.60. The highest BCUT2D eigenvalue weighted by Crippen LogP contribution is 2.27. The number of carbonyl (C=O) groups is 1. The van der Waals surface area contributed by atoms with E-state index in [1.165, 1.54) is 16.9 Å². The number of thiazole rings is 1. The molecular weight excluding hydrogens is 356 g/mol. The number of benzene rings is 2. The van der Waals surface area contributed by atoms with Crippen LogP contribution >= 0.6 is 11.3 Å². The summed E-state index contributed by atoms with van der Waals surface area (Å²) in [7, 11) is 0. The Balaban J connectivity index is 1.66. The first-order valence-corrected chi connectivity index (χ1v) is 9.62. The van der Waals surface area contributed by atoms with E-state index in [0.717, 1.165) is 11.3 Å². The van der Waals surface area contributed by atoms with Gasteiger partial charge in [0.25, 0.3) is 0 Å². The van der Waals surface area contributed by atoms with E-state index < -0.39 is 5.92 Å². The highest BCUT2D eigenvalue weighted by Gasteiger charge is 2.24. The molecule has 0 N–H and O–H groups in total. The average Bonchev–Trinajstić information content (AvgIpc) is 3.18. The molecule has 1 heterocycles. The molecule has 2 aromatic carbocycles. The maximum atomic E-state index is 12.5. The summed E-state index contributed by atoms with van der Waals surface area (Å²) in [6.07, 6.45) is 0. The van der Waals surface area contributed by atoms with E-state index in [2.05, 4.69) is 24.9 Å². The zero-order valence-electron chi connectivity index (χ0n) is 15.3. The van der Waals surface area contributed by atoms with Crippen molar-refractivity contribution in [3.63, 3.8) is 0 Å². The number of ketones is 1. The summed E-state index contributed by atoms with van der Waals surface area (Å²) in [6, 6.07) is 19.4. The Labute approximate surface area is 163 Å². The normalized spacial score (nSPS) is 11.8. The van der Waals surface area contributed by atoms with Crippen molar-refractivity contribution < 1.29 is 9.53 Å². The molecular formula is C22H20N2O2S. The third-order valence-corrected chi connectivity index (χ3v) is 5.13. The van der Waals surface area contributed by atoms with Crippen LogP contribution in [0.4, 0.5) is 0 Å². The molecule has 0 aliphatic rings. The fourth-order valence-electron chi connectivity index (χ4n) is 2.61. The molecule has 1 atom stereocenters. The summed E-state index contributed by atoms with van der Waals surface area (Å²) < 4.78 is 5.57. The summed E-state index contributed by atoms with van der Waals surface area (Å²) in [6.45, 7) is 4.09. The Kier molecular flexibility index (Phi) is 6.00. The minimum Gasteiger partial charge on any atom is -0.486 e. The van der Waals surface area contributed by atoms with Crippen LogP contribution in [-0.4, -0.2) is 17.4 Å². The van der Waals surface area contributed by atoms with E-state index >= 15 is 0 Å². The van der Waals surface area contributed by atoms with Crippen LogP contribution in [0.3, 0.4) is 0 Å². The van der Waals surface area contributed by atoms with Crippen molar-refractivity contribution in [1.82, 2.24) is 4.98 Å². The monoisotopic (exact) mass is 376 g/mol. The van der Waals surface area contributed by atoms with Crippen molar-refractivity contribution in [2.24, 2.45) is 0 Å². The van der Waals surface area contributed by atoms with Gasteiger partial charge in [-0.25, -0.2) is 4.98 Å². The molecule has 1 unspecified atom stereocenters. The van der Waals surface area contributed by atoms with Gasteiger partial charge in [0, 0.05) is 10.9 Å². The minimum atomic E-state index is -0.914. The molecule has 5 heteroatoms. The van der Waals surface area contributed by atoms with Crippen molar-refractivity contribution in [2.75, 3.05) is 6.61 Å². The van der Waals surface area contributed by atoms with Crippen LogP contribution in [0, 0.1) is 11.3 Å². The standard InChI is InChI=1S/C22H20N2O2S/c1-15(2)16-8-10-18(11-9-16)26-13-21(25)19(12-23)22-24-20(14-27-22)17-6-4-3-5-7-17/h3-11,14-15,19H,13H2,1-2H3. The Morgan fingerprint density at radius 3 is 2.48 bits per heavy atom. The number of Topliss-reactive ketones (excluding diaryl/α,β-unsaturated/α-hetero) is 1. The van der Waals surface area contributed by atoms with E-state index in [-0.39, 0.29) is 12.4 Å². The first-order valence-electron chi connectivity index (χ1n) is 8.74. The molecule has 0 saturated heterocycles. The summed E-state index contributed by atoms with van der Waals surface area (Å²) in [5.74, 6) is -0.150. The van der Waals surface area contributed by atoms with Gasteiger partial charge in [-0.1, -0.05) is 56.3 Å². The molecule has 0 spiro atoms.